The molecule has 1 rings (SSSR count). The van der Waals surface area contributed by atoms with Crippen LogP contribution in [0.4, 0.5) is 0 Å². The smallest absolute Gasteiger partial charge is 0.0355 e. The molecule has 2 heteroatoms. The highest BCUT2D eigenvalue weighted by molar-refractivity contribution is 5.79. The van der Waals surface area contributed by atoms with Crippen molar-refractivity contribution in [2.24, 2.45) is 4.99 Å². The maximum absolute atomic E-state index is 4.13. The first-order chi connectivity index (χ1) is 5.74. The lowest BCUT2D eigenvalue weighted by atomic mass is 10.0. The van der Waals surface area contributed by atoms with Crippen LogP contribution in [0.25, 0.3) is 0 Å². The summed E-state index contributed by atoms with van der Waals surface area (Å²) in [5.74, 6) is 0.530. The first-order valence-corrected chi connectivity index (χ1v) is 4.11. The van der Waals surface area contributed by atoms with Gasteiger partial charge in [-0.1, -0.05) is 13.8 Å². The Hall–Kier alpha value is -1.18. The molecule has 1 aromatic heterocycles. The molecule has 12 heavy (non-hydrogen) atoms. The van der Waals surface area contributed by atoms with E-state index >= 15 is 0 Å². The molecule has 0 atom stereocenters. The van der Waals surface area contributed by atoms with Crippen LogP contribution in [-0.2, 0) is 0 Å². The molecule has 2 nitrogen and oxygen atoms in total. The van der Waals surface area contributed by atoms with Crippen LogP contribution in [0.5, 0.6) is 0 Å². The number of hydrogen-bond acceptors (Lipinski definition) is 2. The summed E-state index contributed by atoms with van der Waals surface area (Å²) in [5, 5.41) is 0. The summed E-state index contributed by atoms with van der Waals surface area (Å²) < 4.78 is 0. The fraction of sp³-hybridized carbons (Fsp3) is 0.400. The van der Waals surface area contributed by atoms with E-state index in [1.165, 1.54) is 5.56 Å². The number of pyridine rings is 1. The largest absolute Gasteiger partial charge is 0.296 e. The van der Waals surface area contributed by atoms with E-state index in [4.69, 9.17) is 0 Å². The SMILES string of the molecule is CN=Cc1cncc(C(C)C)c1. The molecule has 0 spiro atoms. The van der Waals surface area contributed by atoms with Gasteiger partial charge in [0.1, 0.15) is 0 Å². The van der Waals surface area contributed by atoms with E-state index in [2.05, 4.69) is 29.9 Å². The Balaban J connectivity index is 2.95. The highest BCUT2D eigenvalue weighted by atomic mass is 14.7. The van der Waals surface area contributed by atoms with Crippen LogP contribution in [0.2, 0.25) is 0 Å². The highest BCUT2D eigenvalue weighted by Gasteiger charge is 1.98. The minimum absolute atomic E-state index is 0.530. The zero-order chi connectivity index (χ0) is 8.97. The third kappa shape index (κ3) is 2.16. The molecule has 0 saturated carbocycles. The summed E-state index contributed by atoms with van der Waals surface area (Å²) in [5.41, 5.74) is 2.33. The Morgan fingerprint density at radius 3 is 2.75 bits per heavy atom. The van der Waals surface area contributed by atoms with E-state index in [0.29, 0.717) is 5.92 Å². The quantitative estimate of drug-likeness (QED) is 0.612. The van der Waals surface area contributed by atoms with Crippen LogP contribution in [0.15, 0.2) is 23.5 Å². The minimum atomic E-state index is 0.530. The molecule has 0 aliphatic carbocycles. The average molecular weight is 162 g/mol. The van der Waals surface area contributed by atoms with Gasteiger partial charge in [-0.05, 0) is 17.5 Å². The van der Waals surface area contributed by atoms with Crippen LogP contribution >= 0.6 is 0 Å². The second-order valence-corrected chi connectivity index (χ2v) is 3.09. The fourth-order valence-corrected chi connectivity index (χ4v) is 1.01. The van der Waals surface area contributed by atoms with E-state index in [1.807, 2.05) is 18.6 Å². The second kappa shape index (κ2) is 4.00. The molecular formula is C10H14N2. The summed E-state index contributed by atoms with van der Waals surface area (Å²) in [6.07, 6.45) is 5.54. The zero-order valence-electron chi connectivity index (χ0n) is 7.78. The fourth-order valence-electron chi connectivity index (χ4n) is 1.01. The van der Waals surface area contributed by atoms with Crippen molar-refractivity contribution >= 4 is 6.21 Å². The normalized spacial score (nSPS) is 11.3. The monoisotopic (exact) mass is 162 g/mol. The number of rotatable bonds is 2. The molecule has 0 unspecified atom stereocenters. The van der Waals surface area contributed by atoms with Crippen molar-refractivity contribution in [3.05, 3.63) is 29.6 Å². The van der Waals surface area contributed by atoms with Crippen molar-refractivity contribution in [3.63, 3.8) is 0 Å². The number of aliphatic imine (C=N–C) groups is 1. The van der Waals surface area contributed by atoms with Gasteiger partial charge in [-0.2, -0.15) is 0 Å². The molecule has 64 valence electrons. The maximum atomic E-state index is 4.13. The highest BCUT2D eigenvalue weighted by Crippen LogP contribution is 2.12. The van der Waals surface area contributed by atoms with Crippen molar-refractivity contribution in [2.75, 3.05) is 7.05 Å². The number of nitrogens with zero attached hydrogens (tertiary/aromatic N) is 2. The lowest BCUT2D eigenvalue weighted by Crippen LogP contribution is -1.91. The standard InChI is InChI=1S/C10H14N2/c1-8(2)10-4-9(5-11-3)6-12-7-10/h4-8H,1-3H3. The average Bonchev–Trinajstić information content (AvgIpc) is 2.05. The molecule has 0 saturated heterocycles. The maximum Gasteiger partial charge on any atom is 0.0355 e. The Labute approximate surface area is 73.4 Å². The molecular weight excluding hydrogens is 148 g/mol. The summed E-state index contributed by atoms with van der Waals surface area (Å²) >= 11 is 0. The Bertz CT molecular complexity index is 277. The summed E-state index contributed by atoms with van der Waals surface area (Å²) in [6.45, 7) is 4.31. The van der Waals surface area contributed by atoms with Crippen molar-refractivity contribution < 1.29 is 0 Å². The van der Waals surface area contributed by atoms with Crippen molar-refractivity contribution in [3.8, 4) is 0 Å². The van der Waals surface area contributed by atoms with Crippen LogP contribution in [0.3, 0.4) is 0 Å². The Kier molecular flexibility index (Phi) is 2.97. The lowest BCUT2D eigenvalue weighted by Gasteiger charge is -2.03. The van der Waals surface area contributed by atoms with E-state index < -0.39 is 0 Å². The molecule has 1 heterocycles. The second-order valence-electron chi connectivity index (χ2n) is 3.09. The van der Waals surface area contributed by atoms with Gasteiger partial charge in [0.05, 0.1) is 0 Å². The van der Waals surface area contributed by atoms with E-state index in [0.717, 1.165) is 5.56 Å². The predicted molar refractivity (Wildman–Crippen MR) is 51.8 cm³/mol. The Morgan fingerprint density at radius 2 is 2.17 bits per heavy atom. The van der Waals surface area contributed by atoms with Gasteiger partial charge in [0.2, 0.25) is 0 Å². The molecule has 0 aliphatic heterocycles. The molecule has 1 aromatic rings. The molecule has 0 radical (unpaired) electrons. The lowest BCUT2D eigenvalue weighted by molar-refractivity contribution is 0.858. The first-order valence-electron chi connectivity index (χ1n) is 4.11. The minimum Gasteiger partial charge on any atom is -0.296 e. The van der Waals surface area contributed by atoms with Gasteiger partial charge < -0.3 is 0 Å². The van der Waals surface area contributed by atoms with Gasteiger partial charge in [-0.15, -0.1) is 0 Å². The van der Waals surface area contributed by atoms with Crippen molar-refractivity contribution in [1.29, 1.82) is 0 Å². The van der Waals surface area contributed by atoms with E-state index in [1.54, 1.807) is 7.05 Å². The Morgan fingerprint density at radius 1 is 1.42 bits per heavy atom. The van der Waals surface area contributed by atoms with Gasteiger partial charge in [0.15, 0.2) is 0 Å². The summed E-state index contributed by atoms with van der Waals surface area (Å²) in [4.78, 5) is 8.07. The van der Waals surface area contributed by atoms with Gasteiger partial charge in [0.25, 0.3) is 0 Å². The van der Waals surface area contributed by atoms with Crippen LogP contribution in [0.1, 0.15) is 30.9 Å². The third-order valence-corrected chi connectivity index (χ3v) is 1.73. The molecule has 0 bridgehead atoms. The van der Waals surface area contributed by atoms with Crippen LogP contribution in [0, 0.1) is 0 Å². The topological polar surface area (TPSA) is 25.2 Å². The number of aromatic nitrogens is 1. The predicted octanol–water partition coefficient (Wildman–Crippen LogP) is 2.25. The van der Waals surface area contributed by atoms with Gasteiger partial charge >= 0.3 is 0 Å². The first kappa shape index (κ1) is 8.91. The summed E-state index contributed by atoms with van der Waals surface area (Å²) in [6, 6.07) is 2.12. The molecule has 0 aromatic carbocycles. The zero-order valence-corrected chi connectivity index (χ0v) is 7.78. The van der Waals surface area contributed by atoms with E-state index in [-0.39, 0.29) is 0 Å². The number of hydrogen-bond donors (Lipinski definition) is 0. The van der Waals surface area contributed by atoms with Gasteiger partial charge in [0, 0.05) is 31.2 Å². The van der Waals surface area contributed by atoms with Gasteiger partial charge in [-0.3, -0.25) is 9.98 Å². The van der Waals surface area contributed by atoms with Crippen molar-refractivity contribution in [1.82, 2.24) is 4.98 Å². The molecule has 0 fully saturated rings. The van der Waals surface area contributed by atoms with E-state index in [9.17, 15) is 0 Å². The van der Waals surface area contributed by atoms with Crippen LogP contribution in [-0.4, -0.2) is 18.2 Å². The molecule has 0 amide bonds. The van der Waals surface area contributed by atoms with Crippen molar-refractivity contribution in [2.45, 2.75) is 19.8 Å². The van der Waals surface area contributed by atoms with Gasteiger partial charge in [-0.25, -0.2) is 0 Å². The summed E-state index contributed by atoms with van der Waals surface area (Å²) in [7, 11) is 1.77. The third-order valence-electron chi connectivity index (χ3n) is 1.73. The van der Waals surface area contributed by atoms with Crippen LogP contribution < -0.4 is 0 Å². The molecule has 0 N–H and O–H groups in total. The molecule has 0 aliphatic rings.